The van der Waals surface area contributed by atoms with Gasteiger partial charge in [-0.15, -0.1) is 10.2 Å². The van der Waals surface area contributed by atoms with Crippen LogP contribution in [0.15, 0.2) is 41.6 Å². The van der Waals surface area contributed by atoms with Crippen LogP contribution in [0.1, 0.15) is 5.82 Å². The van der Waals surface area contributed by atoms with E-state index in [1.54, 1.807) is 15.9 Å². The molecule has 0 aliphatic heterocycles. The van der Waals surface area contributed by atoms with Gasteiger partial charge in [0.2, 0.25) is 5.91 Å². The lowest BCUT2D eigenvalue weighted by Gasteiger charge is -2.04. The Kier molecular flexibility index (Phi) is 3.71. The fourth-order valence-electron chi connectivity index (χ4n) is 2.20. The Morgan fingerprint density at radius 2 is 2.21 bits per heavy atom. The summed E-state index contributed by atoms with van der Waals surface area (Å²) in [6.45, 7) is 0.332. The van der Waals surface area contributed by atoms with Crippen molar-refractivity contribution < 1.29 is 4.79 Å². The Bertz CT molecular complexity index is 960. The average molecular weight is 340 g/mol. The molecule has 0 bridgehead atoms. The van der Waals surface area contributed by atoms with E-state index < -0.39 is 0 Å². The molecule has 10 heteroatoms. The highest BCUT2D eigenvalue weighted by Gasteiger charge is 2.11. The summed E-state index contributed by atoms with van der Waals surface area (Å²) >= 11 is 1.61. The summed E-state index contributed by atoms with van der Waals surface area (Å²) in [6.07, 6.45) is 2.87. The number of thiophene rings is 1. The molecule has 0 atom stereocenters. The molecule has 9 nitrogen and oxygen atoms in total. The number of carbonyl (C=O) groups excluding carboxylic acids is 1. The van der Waals surface area contributed by atoms with Gasteiger partial charge < -0.3 is 5.32 Å². The molecular weight excluding hydrogens is 328 g/mol. The fourth-order valence-corrected chi connectivity index (χ4v) is 2.85. The molecule has 0 unspecified atom stereocenters. The molecule has 4 aromatic rings. The molecule has 0 saturated carbocycles. The summed E-state index contributed by atoms with van der Waals surface area (Å²) in [6, 6.07) is 5.76. The molecule has 4 aromatic heterocycles. The number of fused-ring (bicyclic) bond motifs is 1. The maximum Gasteiger partial charge on any atom is 0.242 e. The highest BCUT2D eigenvalue weighted by atomic mass is 32.1. The molecule has 4 heterocycles. The van der Waals surface area contributed by atoms with Crippen molar-refractivity contribution in [1.29, 1.82) is 0 Å². The molecule has 0 fully saturated rings. The molecule has 120 valence electrons. The van der Waals surface area contributed by atoms with Gasteiger partial charge in [0.05, 0.1) is 12.2 Å². The lowest BCUT2D eigenvalue weighted by atomic mass is 10.2. The first-order chi connectivity index (χ1) is 11.8. The second-order valence-corrected chi connectivity index (χ2v) is 5.77. The lowest BCUT2D eigenvalue weighted by Crippen LogP contribution is -2.28. The van der Waals surface area contributed by atoms with Gasteiger partial charge in [-0.05, 0) is 23.6 Å². The zero-order valence-corrected chi connectivity index (χ0v) is 13.2. The standard InChI is InChI=1S/C14H12N8OS/c23-14(6-21-9-15-8-17-21)16-5-13-19-18-12-2-1-11(20-22(12)13)10-3-4-24-7-10/h1-4,7-9H,5-6H2,(H,16,23). The van der Waals surface area contributed by atoms with E-state index >= 15 is 0 Å². The Hall–Kier alpha value is -3.14. The predicted octanol–water partition coefficient (Wildman–Crippen LogP) is 0.761. The predicted molar refractivity (Wildman–Crippen MR) is 86.0 cm³/mol. The van der Waals surface area contributed by atoms with Crippen LogP contribution in [0.3, 0.4) is 0 Å². The Morgan fingerprint density at radius 1 is 1.25 bits per heavy atom. The molecule has 0 aromatic carbocycles. The largest absolute Gasteiger partial charge is 0.347 e. The molecule has 0 aliphatic rings. The molecule has 0 saturated heterocycles. The molecule has 24 heavy (non-hydrogen) atoms. The van der Waals surface area contributed by atoms with E-state index in [2.05, 4.69) is 30.7 Å². The fraction of sp³-hybridized carbons (Fsp3) is 0.143. The van der Waals surface area contributed by atoms with Gasteiger partial charge in [0, 0.05) is 10.9 Å². The number of amides is 1. The van der Waals surface area contributed by atoms with Crippen molar-refractivity contribution in [3.05, 3.63) is 47.4 Å². The molecule has 0 spiro atoms. The van der Waals surface area contributed by atoms with Crippen molar-refractivity contribution in [3.63, 3.8) is 0 Å². The van der Waals surface area contributed by atoms with Gasteiger partial charge in [0.15, 0.2) is 11.5 Å². The number of nitrogens with zero attached hydrogens (tertiary/aromatic N) is 7. The van der Waals surface area contributed by atoms with Crippen LogP contribution in [0, 0.1) is 0 Å². The number of hydrogen-bond acceptors (Lipinski definition) is 7. The molecule has 0 radical (unpaired) electrons. The summed E-state index contributed by atoms with van der Waals surface area (Å²) < 4.78 is 3.09. The number of nitrogens with one attached hydrogen (secondary N) is 1. The molecule has 1 amide bonds. The van der Waals surface area contributed by atoms with Crippen molar-refractivity contribution in [1.82, 2.24) is 39.9 Å². The van der Waals surface area contributed by atoms with Gasteiger partial charge in [-0.25, -0.2) is 9.67 Å². The van der Waals surface area contributed by atoms with Crippen molar-refractivity contribution >= 4 is 22.9 Å². The van der Waals surface area contributed by atoms with Crippen molar-refractivity contribution in [2.45, 2.75) is 13.1 Å². The molecule has 1 N–H and O–H groups in total. The first kappa shape index (κ1) is 14.5. The third kappa shape index (κ3) is 2.86. The van der Waals surface area contributed by atoms with E-state index in [1.807, 2.05) is 29.0 Å². The maximum atomic E-state index is 11.9. The Labute approximate surface area is 140 Å². The molecule has 4 rings (SSSR count). The van der Waals surface area contributed by atoms with E-state index in [4.69, 9.17) is 0 Å². The number of rotatable bonds is 5. The zero-order valence-electron chi connectivity index (χ0n) is 12.4. The van der Waals surface area contributed by atoms with Gasteiger partial charge in [-0.1, -0.05) is 0 Å². The van der Waals surface area contributed by atoms with Crippen LogP contribution in [0.4, 0.5) is 0 Å². The van der Waals surface area contributed by atoms with Crippen LogP contribution in [-0.2, 0) is 17.9 Å². The Morgan fingerprint density at radius 3 is 3.00 bits per heavy atom. The minimum Gasteiger partial charge on any atom is -0.347 e. The van der Waals surface area contributed by atoms with Gasteiger partial charge >= 0.3 is 0 Å². The number of carbonyl (C=O) groups is 1. The topological polar surface area (TPSA) is 103 Å². The number of aromatic nitrogens is 7. The van der Waals surface area contributed by atoms with Crippen molar-refractivity contribution in [2.24, 2.45) is 0 Å². The first-order valence-electron chi connectivity index (χ1n) is 7.12. The summed E-state index contributed by atoms with van der Waals surface area (Å²) in [5.74, 6) is 0.375. The van der Waals surface area contributed by atoms with Crippen LogP contribution < -0.4 is 5.32 Å². The third-order valence-corrected chi connectivity index (χ3v) is 4.04. The van der Waals surface area contributed by atoms with Crippen molar-refractivity contribution in [3.8, 4) is 11.3 Å². The van der Waals surface area contributed by atoms with Crippen LogP contribution >= 0.6 is 11.3 Å². The smallest absolute Gasteiger partial charge is 0.242 e. The van der Waals surface area contributed by atoms with Crippen LogP contribution in [0.5, 0.6) is 0 Å². The Balaban J connectivity index is 1.51. The molecule has 0 aliphatic carbocycles. The van der Waals surface area contributed by atoms with E-state index in [1.165, 1.54) is 17.3 Å². The van der Waals surface area contributed by atoms with Gasteiger partial charge in [0.1, 0.15) is 19.2 Å². The minimum absolute atomic E-state index is 0.102. The van der Waals surface area contributed by atoms with Gasteiger partial charge in [-0.2, -0.15) is 26.0 Å². The second kappa shape index (κ2) is 6.16. The number of hydrogen-bond donors (Lipinski definition) is 1. The second-order valence-electron chi connectivity index (χ2n) is 4.99. The lowest BCUT2D eigenvalue weighted by molar-refractivity contribution is -0.122. The van der Waals surface area contributed by atoms with E-state index in [0.717, 1.165) is 11.3 Å². The summed E-state index contributed by atoms with van der Waals surface area (Å²) in [4.78, 5) is 15.7. The summed E-state index contributed by atoms with van der Waals surface area (Å²) in [7, 11) is 0. The normalized spacial score (nSPS) is 11.0. The summed E-state index contributed by atoms with van der Waals surface area (Å²) in [5, 5.41) is 23.4. The van der Waals surface area contributed by atoms with E-state index in [-0.39, 0.29) is 19.0 Å². The summed E-state index contributed by atoms with van der Waals surface area (Å²) in [5.41, 5.74) is 2.50. The van der Waals surface area contributed by atoms with E-state index in [0.29, 0.717) is 11.5 Å². The quantitative estimate of drug-likeness (QED) is 0.575. The molecular formula is C14H12N8OS. The van der Waals surface area contributed by atoms with Gasteiger partial charge in [0.25, 0.3) is 0 Å². The minimum atomic E-state index is -0.189. The zero-order chi connectivity index (χ0) is 16.4. The first-order valence-corrected chi connectivity index (χ1v) is 8.07. The monoisotopic (exact) mass is 340 g/mol. The van der Waals surface area contributed by atoms with Crippen LogP contribution in [0.2, 0.25) is 0 Å². The highest BCUT2D eigenvalue weighted by molar-refractivity contribution is 7.08. The van der Waals surface area contributed by atoms with Crippen molar-refractivity contribution in [2.75, 3.05) is 0 Å². The maximum absolute atomic E-state index is 11.9. The van der Waals surface area contributed by atoms with Gasteiger partial charge in [-0.3, -0.25) is 4.79 Å². The highest BCUT2D eigenvalue weighted by Crippen LogP contribution is 2.20. The average Bonchev–Trinajstić information content (AvgIpc) is 3.34. The van der Waals surface area contributed by atoms with Crippen LogP contribution in [0.25, 0.3) is 16.9 Å². The third-order valence-electron chi connectivity index (χ3n) is 3.36. The van der Waals surface area contributed by atoms with Crippen LogP contribution in [-0.4, -0.2) is 40.5 Å². The van der Waals surface area contributed by atoms with E-state index in [9.17, 15) is 4.79 Å². The SMILES string of the molecule is O=C(Cn1cncn1)NCc1nnc2ccc(-c3ccsc3)nn12.